The van der Waals surface area contributed by atoms with Crippen LogP contribution in [0.15, 0.2) is 34.9 Å². The number of carbonyl (C=O) groups excluding carboxylic acids is 1. The van der Waals surface area contributed by atoms with Gasteiger partial charge in [0.2, 0.25) is 0 Å². The maximum atomic E-state index is 13.1. The van der Waals surface area contributed by atoms with Gasteiger partial charge in [0.15, 0.2) is 5.69 Å². The molecule has 33 heavy (non-hydrogen) atoms. The number of hydrogen-bond acceptors (Lipinski definition) is 6. The van der Waals surface area contributed by atoms with Crippen LogP contribution in [-0.2, 0) is 13.3 Å². The fourth-order valence-electron chi connectivity index (χ4n) is 3.58. The zero-order chi connectivity index (χ0) is 23.7. The van der Waals surface area contributed by atoms with E-state index in [9.17, 15) is 4.79 Å². The second-order valence-electron chi connectivity index (χ2n) is 7.85. The molecule has 0 bridgehead atoms. The number of nitrogens with zero attached hydrogens (tertiary/aromatic N) is 5. The molecular formula is C23H25ClN6O3. The van der Waals surface area contributed by atoms with Crippen LogP contribution in [0.2, 0.25) is 5.02 Å². The van der Waals surface area contributed by atoms with Crippen LogP contribution in [-0.4, -0.2) is 30.6 Å². The molecule has 9 nitrogen and oxygen atoms in total. The van der Waals surface area contributed by atoms with Crippen molar-refractivity contribution in [3.63, 3.8) is 0 Å². The fraction of sp³-hybridized carbons (Fsp3) is 0.304. The fourth-order valence-corrected chi connectivity index (χ4v) is 3.77. The number of amides is 1. The van der Waals surface area contributed by atoms with Crippen molar-refractivity contribution >= 4 is 23.2 Å². The Morgan fingerprint density at radius 3 is 2.58 bits per heavy atom. The van der Waals surface area contributed by atoms with Crippen LogP contribution >= 0.6 is 11.6 Å². The summed E-state index contributed by atoms with van der Waals surface area (Å²) in [6.45, 7) is 9.96. The van der Waals surface area contributed by atoms with Crippen LogP contribution in [0.4, 0.5) is 5.69 Å². The Kier molecular flexibility index (Phi) is 6.24. The van der Waals surface area contributed by atoms with Gasteiger partial charge in [0.25, 0.3) is 5.91 Å². The Morgan fingerprint density at radius 2 is 1.88 bits per heavy atom. The van der Waals surface area contributed by atoms with E-state index in [4.69, 9.17) is 20.9 Å². The molecule has 4 rings (SSSR count). The zero-order valence-electron chi connectivity index (χ0n) is 19.1. The molecule has 4 aromatic rings. The van der Waals surface area contributed by atoms with Gasteiger partial charge in [-0.15, -0.1) is 0 Å². The van der Waals surface area contributed by atoms with E-state index in [1.807, 2.05) is 50.6 Å². The van der Waals surface area contributed by atoms with E-state index in [0.29, 0.717) is 40.1 Å². The van der Waals surface area contributed by atoms with E-state index >= 15 is 0 Å². The predicted molar refractivity (Wildman–Crippen MR) is 124 cm³/mol. The second kappa shape index (κ2) is 9.11. The van der Waals surface area contributed by atoms with Crippen molar-refractivity contribution < 1.29 is 14.1 Å². The summed E-state index contributed by atoms with van der Waals surface area (Å²) < 4.78 is 14.7. The molecule has 0 radical (unpaired) electrons. The minimum Gasteiger partial charge on any atom is -0.487 e. The highest BCUT2D eigenvalue weighted by Crippen LogP contribution is 2.26. The average Bonchev–Trinajstić information content (AvgIpc) is 3.38. The van der Waals surface area contributed by atoms with Crippen molar-refractivity contribution in [2.75, 3.05) is 5.32 Å². The van der Waals surface area contributed by atoms with Gasteiger partial charge in [-0.05, 0) is 52.8 Å². The molecule has 0 aliphatic rings. The summed E-state index contributed by atoms with van der Waals surface area (Å²) in [6, 6.07) is 9.14. The highest BCUT2D eigenvalue weighted by molar-refractivity contribution is 6.32. The number of benzene rings is 1. The summed E-state index contributed by atoms with van der Waals surface area (Å²) >= 11 is 6.16. The smallest absolute Gasteiger partial charge is 0.278 e. The molecule has 3 heterocycles. The van der Waals surface area contributed by atoms with Crippen LogP contribution in [0.5, 0.6) is 5.75 Å². The molecule has 172 valence electrons. The number of nitrogens with one attached hydrogen (secondary N) is 1. The minimum atomic E-state index is -0.401. The highest BCUT2D eigenvalue weighted by atomic mass is 35.5. The van der Waals surface area contributed by atoms with Crippen molar-refractivity contribution in [2.45, 2.75) is 47.9 Å². The molecule has 0 saturated carbocycles. The summed E-state index contributed by atoms with van der Waals surface area (Å²) in [5.74, 6) is 0.616. The Bertz CT molecular complexity index is 1320. The van der Waals surface area contributed by atoms with Crippen LogP contribution < -0.4 is 10.1 Å². The van der Waals surface area contributed by atoms with E-state index < -0.39 is 5.91 Å². The molecule has 1 amide bonds. The molecule has 0 aliphatic carbocycles. The first-order chi connectivity index (χ1) is 15.7. The summed E-state index contributed by atoms with van der Waals surface area (Å²) in [5.41, 5.74) is 4.81. The van der Waals surface area contributed by atoms with Gasteiger partial charge in [-0.1, -0.05) is 28.9 Å². The maximum absolute atomic E-state index is 13.1. The number of carbonyl (C=O) groups is 1. The quantitative estimate of drug-likeness (QED) is 0.425. The van der Waals surface area contributed by atoms with Crippen LogP contribution in [0.1, 0.15) is 44.6 Å². The Balaban J connectivity index is 1.53. The first-order valence-electron chi connectivity index (χ1n) is 10.4. The van der Waals surface area contributed by atoms with E-state index in [1.54, 1.807) is 23.7 Å². The van der Waals surface area contributed by atoms with Gasteiger partial charge in [0.1, 0.15) is 24.8 Å². The highest BCUT2D eigenvalue weighted by Gasteiger charge is 2.23. The third kappa shape index (κ3) is 4.63. The lowest BCUT2D eigenvalue weighted by molar-refractivity contribution is 0.101. The number of rotatable bonds is 7. The lowest BCUT2D eigenvalue weighted by Crippen LogP contribution is -2.17. The third-order valence-electron chi connectivity index (χ3n) is 5.40. The second-order valence-corrected chi connectivity index (χ2v) is 8.26. The van der Waals surface area contributed by atoms with Gasteiger partial charge in [-0.3, -0.25) is 4.79 Å². The molecule has 10 heteroatoms. The number of halogens is 1. The number of aromatic nitrogens is 5. The van der Waals surface area contributed by atoms with E-state index in [-0.39, 0.29) is 12.3 Å². The van der Waals surface area contributed by atoms with Crippen molar-refractivity contribution in [1.82, 2.24) is 24.7 Å². The predicted octanol–water partition coefficient (Wildman–Crippen LogP) is 4.60. The normalized spacial score (nSPS) is 11.1. The van der Waals surface area contributed by atoms with Crippen molar-refractivity contribution in [2.24, 2.45) is 0 Å². The molecular weight excluding hydrogens is 444 g/mol. The molecule has 0 saturated heterocycles. The number of aryl methyl sites for hydroxylation is 4. The molecule has 1 aromatic carbocycles. The van der Waals surface area contributed by atoms with Crippen LogP contribution in [0, 0.1) is 34.6 Å². The summed E-state index contributed by atoms with van der Waals surface area (Å²) in [6.07, 6.45) is 0. The topological polar surface area (TPSA) is 100 Å². The Hall–Kier alpha value is -3.59. The first-order valence-corrected chi connectivity index (χ1v) is 10.8. The summed E-state index contributed by atoms with van der Waals surface area (Å²) in [7, 11) is 0. The maximum Gasteiger partial charge on any atom is 0.278 e. The molecule has 0 aliphatic heterocycles. The number of hydrogen-bond donors (Lipinski definition) is 1. The number of para-hydroxylation sites is 1. The number of anilines is 1. The summed E-state index contributed by atoms with van der Waals surface area (Å²) in [5, 5.41) is 16.4. The van der Waals surface area contributed by atoms with Gasteiger partial charge < -0.3 is 14.6 Å². The molecule has 0 atom stereocenters. The lowest BCUT2D eigenvalue weighted by atomic mass is 10.2. The lowest BCUT2D eigenvalue weighted by Gasteiger charge is -2.09. The minimum absolute atomic E-state index is 0.0942. The monoisotopic (exact) mass is 468 g/mol. The molecule has 0 unspecified atom stereocenters. The van der Waals surface area contributed by atoms with Gasteiger partial charge in [0.05, 0.1) is 33.4 Å². The van der Waals surface area contributed by atoms with Crippen molar-refractivity contribution in [3.8, 4) is 5.75 Å². The largest absolute Gasteiger partial charge is 0.487 e. The zero-order valence-corrected chi connectivity index (χ0v) is 19.9. The molecule has 1 N–H and O–H groups in total. The molecule has 0 fully saturated rings. The van der Waals surface area contributed by atoms with E-state index in [0.717, 1.165) is 17.1 Å². The van der Waals surface area contributed by atoms with Gasteiger partial charge in [-0.25, -0.2) is 9.36 Å². The van der Waals surface area contributed by atoms with E-state index in [2.05, 4.69) is 20.7 Å². The Morgan fingerprint density at radius 1 is 1.12 bits per heavy atom. The van der Waals surface area contributed by atoms with Crippen molar-refractivity contribution in [1.29, 1.82) is 0 Å². The number of ether oxygens (including phenoxy) is 1. The van der Waals surface area contributed by atoms with Crippen LogP contribution in [0.25, 0.3) is 0 Å². The molecule has 3 aromatic heterocycles. The SMILES string of the molecule is Cc1cc(C)n(Cn2nc(C)c(NC(=O)c3noc(C)c3COc3ccccc3Cl)c2C)n1. The first kappa shape index (κ1) is 22.6. The third-order valence-corrected chi connectivity index (χ3v) is 5.71. The van der Waals surface area contributed by atoms with Crippen molar-refractivity contribution in [3.05, 3.63) is 75.1 Å². The standard InChI is InChI=1S/C23H25ClN6O3/c1-13-10-14(2)29(26-13)12-30-16(4)21(15(3)27-30)25-23(31)22-18(17(5)33-28-22)11-32-20-9-7-6-8-19(20)24/h6-10H,11-12H2,1-5H3,(H,25,31). The van der Waals surface area contributed by atoms with Gasteiger partial charge in [-0.2, -0.15) is 10.2 Å². The molecule has 0 spiro atoms. The van der Waals surface area contributed by atoms with Gasteiger partial charge >= 0.3 is 0 Å². The van der Waals surface area contributed by atoms with Crippen LogP contribution in [0.3, 0.4) is 0 Å². The Labute approximate surface area is 196 Å². The van der Waals surface area contributed by atoms with E-state index in [1.165, 1.54) is 0 Å². The summed E-state index contributed by atoms with van der Waals surface area (Å²) in [4.78, 5) is 13.1. The average molecular weight is 469 g/mol. The van der Waals surface area contributed by atoms with Gasteiger partial charge in [0, 0.05) is 5.69 Å².